The lowest BCUT2D eigenvalue weighted by Crippen LogP contribution is -2.52. The highest BCUT2D eigenvalue weighted by Gasteiger charge is 2.44. The lowest BCUT2D eigenvalue weighted by atomic mass is 9.98. The number of carbonyl (C=O) groups is 4. The first-order chi connectivity index (χ1) is 20.1. The van der Waals surface area contributed by atoms with Crippen molar-refractivity contribution in [3.05, 3.63) is 59.7 Å². The Balaban J connectivity index is 1.31. The maximum Gasteiger partial charge on any atom is 0.410 e. The summed E-state index contributed by atoms with van der Waals surface area (Å²) in [6, 6.07) is 14.2. The number of likely N-dealkylation sites (tertiary alicyclic amines) is 1. The van der Waals surface area contributed by atoms with Crippen molar-refractivity contribution in [2.75, 3.05) is 26.8 Å². The van der Waals surface area contributed by atoms with E-state index >= 15 is 0 Å². The molecule has 2 aromatic carbocycles. The highest BCUT2D eigenvalue weighted by molar-refractivity contribution is 5.91. The van der Waals surface area contributed by atoms with Gasteiger partial charge in [0.15, 0.2) is 0 Å². The quantitative estimate of drug-likeness (QED) is 0.461. The second-order valence-corrected chi connectivity index (χ2v) is 12.2. The zero-order valence-corrected chi connectivity index (χ0v) is 24.6. The number of fused-ring (bicyclic) bond motifs is 3. The normalized spacial score (nSPS) is 22.2. The van der Waals surface area contributed by atoms with E-state index in [4.69, 9.17) is 14.2 Å². The van der Waals surface area contributed by atoms with Crippen LogP contribution in [0.15, 0.2) is 48.5 Å². The average Bonchev–Trinajstić information content (AvgIpc) is 3.65. The number of rotatable bonds is 8. The number of hydrogen-bond acceptors (Lipinski definition) is 7. The first kappa shape index (κ1) is 29.6. The molecule has 3 amide bonds. The van der Waals surface area contributed by atoms with E-state index in [2.05, 4.69) is 22.8 Å². The predicted molar refractivity (Wildman–Crippen MR) is 154 cm³/mol. The van der Waals surface area contributed by atoms with Crippen molar-refractivity contribution in [3.63, 3.8) is 0 Å². The molecule has 2 N–H and O–H groups in total. The first-order valence-corrected chi connectivity index (χ1v) is 14.5. The second kappa shape index (κ2) is 12.1. The van der Waals surface area contributed by atoms with Gasteiger partial charge in [-0.2, -0.15) is 0 Å². The minimum atomic E-state index is -1.02. The summed E-state index contributed by atoms with van der Waals surface area (Å²) in [7, 11) is 1.24. The van der Waals surface area contributed by atoms with Crippen LogP contribution >= 0.6 is 0 Å². The van der Waals surface area contributed by atoms with Crippen molar-refractivity contribution < 1.29 is 33.4 Å². The van der Waals surface area contributed by atoms with E-state index in [1.165, 1.54) is 12.0 Å². The van der Waals surface area contributed by atoms with Gasteiger partial charge in [-0.25, -0.2) is 9.59 Å². The molecule has 0 saturated carbocycles. The van der Waals surface area contributed by atoms with Gasteiger partial charge in [0.1, 0.15) is 18.7 Å². The number of ether oxygens (including phenoxy) is 3. The molecule has 2 aliphatic heterocycles. The number of carbonyl (C=O) groups excluding carboxylic acids is 4. The summed E-state index contributed by atoms with van der Waals surface area (Å²) < 4.78 is 17.0. The van der Waals surface area contributed by atoms with Crippen molar-refractivity contribution in [2.24, 2.45) is 5.92 Å². The van der Waals surface area contributed by atoms with E-state index in [-0.39, 0.29) is 37.8 Å². The molecule has 10 nitrogen and oxygen atoms in total. The molecule has 2 heterocycles. The van der Waals surface area contributed by atoms with Crippen LogP contribution in [0.5, 0.6) is 0 Å². The molecule has 2 saturated heterocycles. The van der Waals surface area contributed by atoms with Gasteiger partial charge in [-0.05, 0) is 55.9 Å². The van der Waals surface area contributed by atoms with Crippen molar-refractivity contribution in [1.29, 1.82) is 0 Å². The molecule has 0 radical (unpaired) electrons. The van der Waals surface area contributed by atoms with E-state index in [0.717, 1.165) is 22.3 Å². The summed E-state index contributed by atoms with van der Waals surface area (Å²) in [5, 5.41) is 5.50. The smallest absolute Gasteiger partial charge is 0.410 e. The highest BCUT2D eigenvalue weighted by Crippen LogP contribution is 2.44. The van der Waals surface area contributed by atoms with Gasteiger partial charge in [0.05, 0.1) is 25.4 Å². The topological polar surface area (TPSA) is 123 Å². The molecule has 1 aliphatic carbocycles. The summed E-state index contributed by atoms with van der Waals surface area (Å²) in [6.07, 6.45) is -0.103. The van der Waals surface area contributed by atoms with Gasteiger partial charge in [-0.1, -0.05) is 48.5 Å². The van der Waals surface area contributed by atoms with Crippen molar-refractivity contribution >= 4 is 23.9 Å². The second-order valence-electron chi connectivity index (χ2n) is 12.2. The van der Waals surface area contributed by atoms with E-state index in [1.54, 1.807) is 0 Å². The van der Waals surface area contributed by atoms with Crippen LogP contribution in [0.4, 0.5) is 4.79 Å². The van der Waals surface area contributed by atoms with Crippen LogP contribution in [0.25, 0.3) is 11.1 Å². The summed E-state index contributed by atoms with van der Waals surface area (Å²) in [5.74, 6) is -1.85. The van der Waals surface area contributed by atoms with Crippen molar-refractivity contribution in [1.82, 2.24) is 15.5 Å². The molecule has 5 rings (SSSR count). The SMILES string of the molecule is COC(=O)[C@H](C[C@@H]1CCNC1=O)NC(=O)[C@@H]1C[C@@H](OC(C)(C)C)CN1C(=O)OCC1c2ccccc2-c2ccccc21. The molecule has 224 valence electrons. The van der Waals surface area contributed by atoms with Crippen LogP contribution in [0.2, 0.25) is 0 Å². The molecular weight excluding hydrogens is 538 g/mol. The Morgan fingerprint density at radius 2 is 1.69 bits per heavy atom. The standard InChI is InChI=1S/C32H39N3O7/c1-32(2,3)42-20-16-27(29(37)34-26(30(38)40-4)15-19-13-14-33-28(19)36)35(17-20)31(39)41-18-25-23-11-7-5-9-21(23)22-10-6-8-12-24(22)25/h5-12,19-20,25-27H,13-18H2,1-4H3,(H,33,36)(H,34,37)/t19-,20+,26-,27-/m0/s1. The van der Waals surface area contributed by atoms with E-state index in [1.807, 2.05) is 57.2 Å². The van der Waals surface area contributed by atoms with Crippen molar-refractivity contribution in [2.45, 2.75) is 69.7 Å². The van der Waals surface area contributed by atoms with Gasteiger partial charge in [0, 0.05) is 24.8 Å². The van der Waals surface area contributed by atoms with Gasteiger partial charge >= 0.3 is 12.1 Å². The lowest BCUT2D eigenvalue weighted by Gasteiger charge is -2.26. The number of esters is 1. The fourth-order valence-electron chi connectivity index (χ4n) is 6.29. The molecule has 2 fully saturated rings. The van der Waals surface area contributed by atoms with Gasteiger partial charge < -0.3 is 24.8 Å². The molecule has 0 spiro atoms. The maximum atomic E-state index is 13.6. The van der Waals surface area contributed by atoms with Gasteiger partial charge in [0.2, 0.25) is 11.8 Å². The van der Waals surface area contributed by atoms with Gasteiger partial charge in [-0.15, -0.1) is 0 Å². The Hall–Kier alpha value is -3.92. The molecule has 42 heavy (non-hydrogen) atoms. The summed E-state index contributed by atoms with van der Waals surface area (Å²) in [6.45, 7) is 6.55. The van der Waals surface area contributed by atoms with Crippen LogP contribution in [0.1, 0.15) is 57.1 Å². The van der Waals surface area contributed by atoms with Crippen LogP contribution in [0, 0.1) is 5.92 Å². The fourth-order valence-corrected chi connectivity index (χ4v) is 6.29. The Morgan fingerprint density at radius 3 is 2.26 bits per heavy atom. The number of nitrogens with one attached hydrogen (secondary N) is 2. The minimum absolute atomic E-state index is 0.115. The Kier molecular flexibility index (Phi) is 8.54. The monoisotopic (exact) mass is 577 g/mol. The van der Waals surface area contributed by atoms with E-state index in [9.17, 15) is 19.2 Å². The molecule has 0 aromatic heterocycles. The number of methoxy groups -OCH3 is 1. The van der Waals surface area contributed by atoms with Crippen LogP contribution in [0.3, 0.4) is 0 Å². The molecule has 10 heteroatoms. The third kappa shape index (κ3) is 6.28. The third-order valence-corrected chi connectivity index (χ3v) is 8.14. The van der Waals surface area contributed by atoms with Crippen LogP contribution in [-0.2, 0) is 28.6 Å². The average molecular weight is 578 g/mol. The largest absolute Gasteiger partial charge is 0.467 e. The third-order valence-electron chi connectivity index (χ3n) is 8.14. The number of nitrogens with zero attached hydrogens (tertiary/aromatic N) is 1. The molecular formula is C32H39N3O7. The summed E-state index contributed by atoms with van der Waals surface area (Å²) in [5.41, 5.74) is 3.93. The zero-order chi connectivity index (χ0) is 30.0. The van der Waals surface area contributed by atoms with Gasteiger partial charge in [0.25, 0.3) is 0 Å². The molecule has 0 bridgehead atoms. The maximum absolute atomic E-state index is 13.6. The fraction of sp³-hybridized carbons (Fsp3) is 0.500. The predicted octanol–water partition coefficient (Wildman–Crippen LogP) is 3.38. The molecule has 2 aromatic rings. The number of amides is 3. The first-order valence-electron chi connectivity index (χ1n) is 14.5. The van der Waals surface area contributed by atoms with Crippen molar-refractivity contribution in [3.8, 4) is 11.1 Å². The van der Waals surface area contributed by atoms with Crippen LogP contribution in [-0.4, -0.2) is 79.4 Å². The lowest BCUT2D eigenvalue weighted by molar-refractivity contribution is -0.146. The molecule has 0 unspecified atom stereocenters. The Bertz CT molecular complexity index is 1310. The van der Waals surface area contributed by atoms with Crippen LogP contribution < -0.4 is 10.6 Å². The summed E-state index contributed by atoms with van der Waals surface area (Å²) in [4.78, 5) is 53.3. The zero-order valence-electron chi connectivity index (χ0n) is 24.6. The van der Waals surface area contributed by atoms with E-state index < -0.39 is 47.7 Å². The van der Waals surface area contributed by atoms with E-state index in [0.29, 0.717) is 13.0 Å². The number of hydrogen-bond donors (Lipinski definition) is 2. The molecule has 4 atom stereocenters. The summed E-state index contributed by atoms with van der Waals surface area (Å²) >= 11 is 0. The minimum Gasteiger partial charge on any atom is -0.467 e. The molecule has 3 aliphatic rings. The van der Waals surface area contributed by atoms with Gasteiger partial charge in [-0.3, -0.25) is 14.5 Å². The Morgan fingerprint density at radius 1 is 1.05 bits per heavy atom. The number of benzene rings is 2. The Labute approximate surface area is 246 Å². The highest BCUT2D eigenvalue weighted by atomic mass is 16.6.